The summed E-state index contributed by atoms with van der Waals surface area (Å²) in [5, 5.41) is 3.36. The molecule has 1 aromatic heterocycles. The van der Waals surface area contributed by atoms with Crippen molar-refractivity contribution < 1.29 is 18.7 Å². The van der Waals surface area contributed by atoms with E-state index in [1.807, 2.05) is 6.07 Å². The molecule has 1 aliphatic heterocycles. The van der Waals surface area contributed by atoms with Gasteiger partial charge in [0.1, 0.15) is 18.1 Å². The van der Waals surface area contributed by atoms with Crippen LogP contribution in [0.2, 0.25) is 0 Å². The third-order valence-electron chi connectivity index (χ3n) is 5.14. The number of carbonyl (C=O) groups is 1. The maximum absolute atomic E-state index is 12.2. The average Bonchev–Trinajstić information content (AvgIpc) is 3.49. The van der Waals surface area contributed by atoms with Gasteiger partial charge >= 0.3 is 5.91 Å². The first-order valence-electron chi connectivity index (χ1n) is 9.96. The van der Waals surface area contributed by atoms with Crippen LogP contribution in [0.4, 0.5) is 0 Å². The van der Waals surface area contributed by atoms with Crippen molar-refractivity contribution in [2.24, 2.45) is 0 Å². The Morgan fingerprint density at radius 2 is 2.03 bits per heavy atom. The molecular formula is C21H25N3O4S. The second-order valence-corrected chi connectivity index (χ2v) is 7.67. The topological polar surface area (TPSA) is 84.8 Å². The minimum Gasteiger partial charge on any atom is -0.486 e. The maximum Gasteiger partial charge on any atom is 0.305 e. The lowest BCUT2D eigenvalue weighted by molar-refractivity contribution is 0.0911. The van der Waals surface area contributed by atoms with Crippen molar-refractivity contribution in [3.8, 4) is 5.75 Å². The van der Waals surface area contributed by atoms with E-state index in [1.54, 1.807) is 12.1 Å². The van der Waals surface area contributed by atoms with Crippen molar-refractivity contribution in [1.29, 1.82) is 0 Å². The van der Waals surface area contributed by atoms with Gasteiger partial charge in [-0.3, -0.25) is 15.6 Å². The number of aryl methyl sites for hydroxylation is 2. The Balaban J connectivity index is 1.20. The highest BCUT2D eigenvalue weighted by molar-refractivity contribution is 7.80. The van der Waals surface area contributed by atoms with Crippen molar-refractivity contribution in [1.82, 2.24) is 16.2 Å². The molecule has 2 heterocycles. The molecule has 1 aliphatic carbocycles. The molecule has 1 aromatic carbocycles. The second-order valence-electron chi connectivity index (χ2n) is 7.26. The van der Waals surface area contributed by atoms with Crippen molar-refractivity contribution >= 4 is 23.2 Å². The summed E-state index contributed by atoms with van der Waals surface area (Å²) in [5.41, 5.74) is 7.96. The summed E-state index contributed by atoms with van der Waals surface area (Å²) >= 11 is 5.15. The molecular weight excluding hydrogens is 390 g/mol. The Kier molecular flexibility index (Phi) is 6.31. The molecule has 0 saturated carbocycles. The number of hydrazine groups is 1. The third-order valence-corrected chi connectivity index (χ3v) is 5.39. The molecule has 8 heteroatoms. The number of carbonyl (C=O) groups excluding carboxylic acids is 1. The van der Waals surface area contributed by atoms with Gasteiger partial charge in [-0.05, 0) is 79.7 Å². The van der Waals surface area contributed by atoms with Crippen LogP contribution in [0.5, 0.6) is 5.75 Å². The molecule has 1 amide bonds. The standard InChI is InChI=1S/C21H25N3O4S/c25-20(23-24-21(29)22-12-17-5-2-10-26-17)19-9-8-18(28-19)13-27-16-7-6-14-3-1-4-15(14)11-16/h6-9,11,17H,1-5,10,12-13H2,(H,23,25)(H2,22,24,29)/t17-/m1/s1. The summed E-state index contributed by atoms with van der Waals surface area (Å²) in [5.74, 6) is 1.18. The maximum atomic E-state index is 12.2. The molecule has 3 N–H and O–H groups in total. The van der Waals surface area contributed by atoms with E-state index in [0.29, 0.717) is 17.4 Å². The quantitative estimate of drug-likeness (QED) is 0.494. The van der Waals surface area contributed by atoms with Crippen LogP contribution in [0.15, 0.2) is 34.7 Å². The van der Waals surface area contributed by atoms with Gasteiger partial charge in [0.05, 0.1) is 6.10 Å². The van der Waals surface area contributed by atoms with E-state index in [-0.39, 0.29) is 18.5 Å². The largest absolute Gasteiger partial charge is 0.486 e. The van der Waals surface area contributed by atoms with Crippen LogP contribution in [0.1, 0.15) is 46.7 Å². The number of fused-ring (bicyclic) bond motifs is 1. The fraction of sp³-hybridized carbons (Fsp3) is 0.429. The summed E-state index contributed by atoms with van der Waals surface area (Å²) in [7, 11) is 0. The van der Waals surface area contributed by atoms with Gasteiger partial charge in [-0.25, -0.2) is 0 Å². The summed E-state index contributed by atoms with van der Waals surface area (Å²) in [4.78, 5) is 12.2. The number of thiocarbonyl (C=S) groups is 1. The molecule has 0 bridgehead atoms. The monoisotopic (exact) mass is 415 g/mol. The van der Waals surface area contributed by atoms with Gasteiger partial charge in [0.25, 0.3) is 0 Å². The zero-order chi connectivity index (χ0) is 20.1. The molecule has 4 rings (SSSR count). The van der Waals surface area contributed by atoms with E-state index >= 15 is 0 Å². The minimum absolute atomic E-state index is 0.170. The van der Waals surface area contributed by atoms with Gasteiger partial charge < -0.3 is 19.2 Å². The van der Waals surface area contributed by atoms with E-state index in [0.717, 1.165) is 38.0 Å². The zero-order valence-corrected chi connectivity index (χ0v) is 17.0. The highest BCUT2D eigenvalue weighted by atomic mass is 32.1. The Morgan fingerprint density at radius 1 is 1.14 bits per heavy atom. The fourth-order valence-electron chi connectivity index (χ4n) is 3.60. The van der Waals surface area contributed by atoms with Gasteiger partial charge in [0.15, 0.2) is 10.9 Å². The van der Waals surface area contributed by atoms with Crippen molar-refractivity contribution in [2.45, 2.75) is 44.8 Å². The van der Waals surface area contributed by atoms with Crippen molar-refractivity contribution in [3.63, 3.8) is 0 Å². The van der Waals surface area contributed by atoms with Gasteiger partial charge in [-0.1, -0.05) is 6.07 Å². The van der Waals surface area contributed by atoms with E-state index < -0.39 is 5.91 Å². The van der Waals surface area contributed by atoms with E-state index in [4.69, 9.17) is 26.1 Å². The number of rotatable bonds is 6. The van der Waals surface area contributed by atoms with Crippen LogP contribution >= 0.6 is 12.2 Å². The highest BCUT2D eigenvalue weighted by Gasteiger charge is 2.16. The van der Waals surface area contributed by atoms with Crippen LogP contribution in [-0.4, -0.2) is 30.3 Å². The Labute approximate surface area is 175 Å². The second kappa shape index (κ2) is 9.28. The Morgan fingerprint density at radius 3 is 2.90 bits per heavy atom. The fourth-order valence-corrected chi connectivity index (χ4v) is 3.74. The Bertz CT molecular complexity index is 877. The molecule has 154 valence electrons. The zero-order valence-electron chi connectivity index (χ0n) is 16.2. The molecule has 0 unspecified atom stereocenters. The molecule has 7 nitrogen and oxygen atoms in total. The van der Waals surface area contributed by atoms with Crippen molar-refractivity contribution in [2.75, 3.05) is 13.2 Å². The predicted octanol–water partition coefficient (Wildman–Crippen LogP) is 2.64. The summed E-state index contributed by atoms with van der Waals surface area (Å²) < 4.78 is 16.9. The highest BCUT2D eigenvalue weighted by Crippen LogP contribution is 2.26. The SMILES string of the molecule is O=C(NNC(=S)NC[C@H]1CCCO1)c1ccc(COc2ccc3c(c2)CCC3)o1. The van der Waals surface area contributed by atoms with Crippen LogP contribution < -0.4 is 20.9 Å². The first-order valence-corrected chi connectivity index (χ1v) is 10.4. The number of hydrogen-bond donors (Lipinski definition) is 3. The van der Waals surface area contributed by atoms with Crippen molar-refractivity contribution in [3.05, 3.63) is 53.0 Å². The van der Waals surface area contributed by atoms with Crippen LogP contribution in [0.3, 0.4) is 0 Å². The lowest BCUT2D eigenvalue weighted by atomic mass is 10.1. The molecule has 2 aromatic rings. The smallest absolute Gasteiger partial charge is 0.305 e. The van der Waals surface area contributed by atoms with Crippen LogP contribution in [0.25, 0.3) is 0 Å². The number of benzene rings is 1. The number of hydrogen-bond acceptors (Lipinski definition) is 5. The number of furan rings is 1. The molecule has 0 radical (unpaired) electrons. The predicted molar refractivity (Wildman–Crippen MR) is 112 cm³/mol. The number of nitrogens with one attached hydrogen (secondary N) is 3. The number of ether oxygens (including phenoxy) is 2. The Hall–Kier alpha value is -2.58. The van der Waals surface area contributed by atoms with Gasteiger partial charge in [0, 0.05) is 13.2 Å². The summed E-state index contributed by atoms with van der Waals surface area (Å²) in [6, 6.07) is 9.54. The first kappa shape index (κ1) is 19.7. The molecule has 29 heavy (non-hydrogen) atoms. The molecule has 2 aliphatic rings. The van der Waals surface area contributed by atoms with Gasteiger partial charge in [-0.15, -0.1) is 0 Å². The number of amides is 1. The molecule has 1 fully saturated rings. The third kappa shape index (κ3) is 5.27. The first-order chi connectivity index (χ1) is 14.2. The molecule has 0 spiro atoms. The summed E-state index contributed by atoms with van der Waals surface area (Å²) in [6.45, 7) is 1.67. The van der Waals surface area contributed by atoms with Gasteiger partial charge in [0.2, 0.25) is 0 Å². The molecule has 1 saturated heterocycles. The van der Waals surface area contributed by atoms with Crippen LogP contribution in [-0.2, 0) is 24.2 Å². The lowest BCUT2D eigenvalue weighted by Gasteiger charge is -2.14. The molecule has 1 atom stereocenters. The average molecular weight is 416 g/mol. The summed E-state index contributed by atoms with van der Waals surface area (Å²) in [6.07, 6.45) is 5.72. The van der Waals surface area contributed by atoms with Gasteiger partial charge in [-0.2, -0.15) is 0 Å². The lowest BCUT2D eigenvalue weighted by Crippen LogP contribution is -2.48. The normalized spacial score (nSPS) is 17.6. The van der Waals surface area contributed by atoms with E-state index in [2.05, 4.69) is 28.3 Å². The minimum atomic E-state index is -0.407. The van der Waals surface area contributed by atoms with Crippen LogP contribution in [0, 0.1) is 0 Å². The van der Waals surface area contributed by atoms with E-state index in [9.17, 15) is 4.79 Å². The van der Waals surface area contributed by atoms with E-state index in [1.165, 1.54) is 17.5 Å².